The van der Waals surface area contributed by atoms with Crippen molar-refractivity contribution in [2.24, 2.45) is 5.92 Å². The zero-order chi connectivity index (χ0) is 9.72. The van der Waals surface area contributed by atoms with Gasteiger partial charge in [0, 0.05) is 0 Å². The Bertz CT molecular complexity index is 143. The van der Waals surface area contributed by atoms with Crippen LogP contribution in [0, 0.1) is 5.92 Å². The van der Waals surface area contributed by atoms with Gasteiger partial charge in [0.05, 0.1) is 6.10 Å². The first-order chi connectivity index (χ1) is 5.49. The van der Waals surface area contributed by atoms with Gasteiger partial charge in [-0.1, -0.05) is 20.4 Å². The SMILES string of the molecule is C=C(C)[C@@H](OO)[C@H](O)CC(C)C. The van der Waals surface area contributed by atoms with E-state index in [4.69, 9.17) is 5.26 Å². The molecule has 2 atom stereocenters. The number of hydrogen-bond donors (Lipinski definition) is 2. The molecule has 0 aliphatic heterocycles. The van der Waals surface area contributed by atoms with Crippen LogP contribution in [0.15, 0.2) is 12.2 Å². The quantitative estimate of drug-likeness (QED) is 0.380. The molecule has 0 amide bonds. The molecule has 0 saturated heterocycles. The Morgan fingerprint density at radius 2 is 2.00 bits per heavy atom. The van der Waals surface area contributed by atoms with Crippen molar-refractivity contribution in [2.75, 3.05) is 0 Å². The molecule has 2 N–H and O–H groups in total. The minimum Gasteiger partial charge on any atom is -0.390 e. The average Bonchev–Trinajstić information content (AvgIpc) is 1.85. The maximum absolute atomic E-state index is 9.50. The van der Waals surface area contributed by atoms with E-state index in [0.29, 0.717) is 17.9 Å². The molecule has 3 heteroatoms. The van der Waals surface area contributed by atoms with Crippen LogP contribution in [0.5, 0.6) is 0 Å². The molecule has 0 aromatic carbocycles. The van der Waals surface area contributed by atoms with E-state index in [0.717, 1.165) is 0 Å². The van der Waals surface area contributed by atoms with Crippen LogP contribution in [0.2, 0.25) is 0 Å². The van der Waals surface area contributed by atoms with Crippen molar-refractivity contribution >= 4 is 0 Å². The summed E-state index contributed by atoms with van der Waals surface area (Å²) in [5.41, 5.74) is 0.630. The first-order valence-electron chi connectivity index (χ1n) is 4.12. The van der Waals surface area contributed by atoms with Crippen LogP contribution in [-0.2, 0) is 4.89 Å². The van der Waals surface area contributed by atoms with Gasteiger partial charge in [0.25, 0.3) is 0 Å². The summed E-state index contributed by atoms with van der Waals surface area (Å²) in [5.74, 6) is 0.372. The van der Waals surface area contributed by atoms with Crippen molar-refractivity contribution in [1.82, 2.24) is 0 Å². The topological polar surface area (TPSA) is 49.7 Å². The summed E-state index contributed by atoms with van der Waals surface area (Å²) < 4.78 is 0. The third-order valence-corrected chi connectivity index (χ3v) is 1.66. The highest BCUT2D eigenvalue weighted by molar-refractivity contribution is 5.00. The molecule has 3 nitrogen and oxygen atoms in total. The van der Waals surface area contributed by atoms with Gasteiger partial charge in [-0.3, -0.25) is 5.26 Å². The Kier molecular flexibility index (Phi) is 5.13. The normalized spacial score (nSPS) is 16.2. The van der Waals surface area contributed by atoms with E-state index in [1.807, 2.05) is 13.8 Å². The summed E-state index contributed by atoms with van der Waals surface area (Å²) >= 11 is 0. The van der Waals surface area contributed by atoms with E-state index in [1.165, 1.54) is 0 Å². The lowest BCUT2D eigenvalue weighted by atomic mass is 9.98. The molecular weight excluding hydrogens is 156 g/mol. The zero-order valence-corrected chi connectivity index (χ0v) is 7.95. The summed E-state index contributed by atoms with van der Waals surface area (Å²) in [7, 11) is 0. The number of aliphatic hydroxyl groups excluding tert-OH is 1. The highest BCUT2D eigenvalue weighted by atomic mass is 17.1. The third kappa shape index (κ3) is 3.85. The first-order valence-corrected chi connectivity index (χ1v) is 4.12. The minimum absolute atomic E-state index is 0.372. The fraction of sp³-hybridized carbons (Fsp3) is 0.778. The van der Waals surface area contributed by atoms with Gasteiger partial charge < -0.3 is 5.11 Å². The summed E-state index contributed by atoms with van der Waals surface area (Å²) in [4.78, 5) is 4.12. The smallest absolute Gasteiger partial charge is 0.139 e. The number of aliphatic hydroxyl groups is 1. The Labute approximate surface area is 73.6 Å². The second-order valence-electron chi connectivity index (χ2n) is 3.57. The summed E-state index contributed by atoms with van der Waals surface area (Å²) in [6, 6.07) is 0. The maximum Gasteiger partial charge on any atom is 0.139 e. The third-order valence-electron chi connectivity index (χ3n) is 1.66. The fourth-order valence-electron chi connectivity index (χ4n) is 1.10. The van der Waals surface area contributed by atoms with E-state index in [-0.39, 0.29) is 0 Å². The molecule has 0 aliphatic rings. The fourth-order valence-corrected chi connectivity index (χ4v) is 1.10. The second-order valence-corrected chi connectivity index (χ2v) is 3.57. The summed E-state index contributed by atoms with van der Waals surface area (Å²) in [6.45, 7) is 9.31. The van der Waals surface area contributed by atoms with E-state index in [1.54, 1.807) is 6.92 Å². The Balaban J connectivity index is 4.02. The van der Waals surface area contributed by atoms with E-state index < -0.39 is 12.2 Å². The van der Waals surface area contributed by atoms with Crippen LogP contribution in [0.25, 0.3) is 0 Å². The Hall–Kier alpha value is -0.380. The molecule has 0 fully saturated rings. The molecule has 72 valence electrons. The van der Waals surface area contributed by atoms with Gasteiger partial charge in [0.15, 0.2) is 0 Å². The molecule has 0 aliphatic carbocycles. The first kappa shape index (κ1) is 11.6. The molecule has 0 unspecified atom stereocenters. The van der Waals surface area contributed by atoms with Crippen molar-refractivity contribution in [1.29, 1.82) is 0 Å². The van der Waals surface area contributed by atoms with Gasteiger partial charge in [-0.05, 0) is 24.8 Å². The average molecular weight is 174 g/mol. The van der Waals surface area contributed by atoms with E-state index in [2.05, 4.69) is 11.5 Å². The zero-order valence-electron chi connectivity index (χ0n) is 7.95. The van der Waals surface area contributed by atoms with Gasteiger partial charge in [0.2, 0.25) is 0 Å². The molecule has 0 rings (SSSR count). The van der Waals surface area contributed by atoms with E-state index >= 15 is 0 Å². The van der Waals surface area contributed by atoms with Gasteiger partial charge in [-0.25, -0.2) is 4.89 Å². The predicted octanol–water partition coefficient (Wildman–Crippen LogP) is 1.83. The molecule has 0 aromatic heterocycles. The lowest BCUT2D eigenvalue weighted by Crippen LogP contribution is -2.30. The molecule has 0 spiro atoms. The predicted molar refractivity (Wildman–Crippen MR) is 47.8 cm³/mol. The van der Waals surface area contributed by atoms with Crippen molar-refractivity contribution in [3.05, 3.63) is 12.2 Å². The molecule has 0 aromatic rings. The van der Waals surface area contributed by atoms with Gasteiger partial charge in [-0.2, -0.15) is 0 Å². The molecule has 0 heterocycles. The lowest BCUT2D eigenvalue weighted by molar-refractivity contribution is -0.286. The van der Waals surface area contributed by atoms with Crippen molar-refractivity contribution < 1.29 is 15.3 Å². The summed E-state index contributed by atoms with van der Waals surface area (Å²) in [6.07, 6.45) is -0.738. The van der Waals surface area contributed by atoms with Crippen LogP contribution in [0.4, 0.5) is 0 Å². The van der Waals surface area contributed by atoms with Crippen molar-refractivity contribution in [2.45, 2.75) is 39.4 Å². The van der Waals surface area contributed by atoms with Crippen LogP contribution in [0.3, 0.4) is 0 Å². The van der Waals surface area contributed by atoms with Crippen molar-refractivity contribution in [3.8, 4) is 0 Å². The molecule has 0 bridgehead atoms. The number of rotatable bonds is 5. The van der Waals surface area contributed by atoms with Gasteiger partial charge in [0.1, 0.15) is 6.10 Å². The monoisotopic (exact) mass is 174 g/mol. The number of hydrogen-bond acceptors (Lipinski definition) is 3. The van der Waals surface area contributed by atoms with Gasteiger partial charge in [-0.15, -0.1) is 0 Å². The van der Waals surface area contributed by atoms with Crippen LogP contribution in [0.1, 0.15) is 27.2 Å². The minimum atomic E-state index is -0.674. The standard InChI is InChI=1S/C9H18O3/c1-6(2)5-8(10)9(12-11)7(3)4/h6,8-11H,3,5H2,1-2,4H3/t8-,9-/m1/s1. The molecule has 0 saturated carbocycles. The van der Waals surface area contributed by atoms with Crippen LogP contribution in [-0.4, -0.2) is 22.6 Å². The molecular formula is C9H18O3. The van der Waals surface area contributed by atoms with Crippen LogP contribution < -0.4 is 0 Å². The lowest BCUT2D eigenvalue weighted by Gasteiger charge is -2.21. The van der Waals surface area contributed by atoms with Crippen molar-refractivity contribution in [3.63, 3.8) is 0 Å². The van der Waals surface area contributed by atoms with E-state index in [9.17, 15) is 5.11 Å². The highest BCUT2D eigenvalue weighted by Crippen LogP contribution is 2.14. The summed E-state index contributed by atoms with van der Waals surface area (Å²) in [5, 5.41) is 18.0. The van der Waals surface area contributed by atoms with Crippen LogP contribution >= 0.6 is 0 Å². The largest absolute Gasteiger partial charge is 0.390 e. The Morgan fingerprint density at radius 1 is 1.50 bits per heavy atom. The Morgan fingerprint density at radius 3 is 2.25 bits per heavy atom. The highest BCUT2D eigenvalue weighted by Gasteiger charge is 2.21. The molecule has 0 radical (unpaired) electrons. The second kappa shape index (κ2) is 5.30. The van der Waals surface area contributed by atoms with Gasteiger partial charge >= 0.3 is 0 Å². The molecule has 12 heavy (non-hydrogen) atoms. The maximum atomic E-state index is 9.50.